The van der Waals surface area contributed by atoms with Crippen LogP contribution in [0.4, 0.5) is 0 Å². The van der Waals surface area contributed by atoms with Crippen LogP contribution in [0.1, 0.15) is 25.7 Å². The average molecular weight is 108 g/mol. The average Bonchev–Trinajstić information content (AvgIpc) is 1.77. The molecule has 0 amide bonds. The van der Waals surface area contributed by atoms with E-state index in [1.807, 2.05) is 0 Å². The van der Waals surface area contributed by atoms with E-state index in [9.17, 15) is 4.79 Å². The molecule has 0 spiro atoms. The van der Waals surface area contributed by atoms with E-state index in [-0.39, 0.29) is 11.6 Å². The van der Waals surface area contributed by atoms with Gasteiger partial charge in [0.1, 0.15) is 5.78 Å². The Labute approximate surface area is 50.9 Å². The summed E-state index contributed by atoms with van der Waals surface area (Å²) in [6.07, 6.45) is 3.79. The topological polar surface area (TPSA) is 17.1 Å². The molecule has 0 heterocycles. The number of hydrogen-bond acceptors (Lipinski definition) is 1. The van der Waals surface area contributed by atoms with Crippen LogP contribution >= 0.6 is 0 Å². The SMILES string of the molecule is [B]C1CCCCC1=O. The summed E-state index contributed by atoms with van der Waals surface area (Å²) in [6, 6.07) is 0. The predicted molar refractivity (Wildman–Crippen MR) is 33.0 cm³/mol. The fourth-order valence-electron chi connectivity index (χ4n) is 1.01. The molecule has 0 aliphatic heterocycles. The summed E-state index contributed by atoms with van der Waals surface area (Å²) in [6.45, 7) is 0. The molecule has 1 atom stereocenters. The van der Waals surface area contributed by atoms with Crippen LogP contribution in [0.15, 0.2) is 0 Å². The summed E-state index contributed by atoms with van der Waals surface area (Å²) >= 11 is 0. The molecule has 0 aromatic heterocycles. The Bertz CT molecular complexity index is 101. The molecule has 8 heavy (non-hydrogen) atoms. The molecule has 0 bridgehead atoms. The van der Waals surface area contributed by atoms with Crippen molar-refractivity contribution in [2.24, 2.45) is 0 Å². The van der Waals surface area contributed by atoms with E-state index >= 15 is 0 Å². The van der Waals surface area contributed by atoms with Gasteiger partial charge in [0.05, 0.1) is 7.85 Å². The van der Waals surface area contributed by atoms with Gasteiger partial charge in [0.15, 0.2) is 0 Å². The summed E-state index contributed by atoms with van der Waals surface area (Å²) < 4.78 is 0. The van der Waals surface area contributed by atoms with Crippen molar-refractivity contribution in [3.05, 3.63) is 0 Å². The molecule has 0 aromatic carbocycles. The highest BCUT2D eigenvalue weighted by molar-refractivity contribution is 6.24. The number of ketones is 1. The first-order chi connectivity index (χ1) is 3.80. The van der Waals surface area contributed by atoms with E-state index in [1.54, 1.807) is 0 Å². The quantitative estimate of drug-likeness (QED) is 0.424. The lowest BCUT2D eigenvalue weighted by atomic mass is 9.75. The Balaban J connectivity index is 2.39. The maximum atomic E-state index is 10.7. The lowest BCUT2D eigenvalue weighted by Gasteiger charge is -2.14. The minimum Gasteiger partial charge on any atom is -0.300 e. The van der Waals surface area contributed by atoms with Crippen LogP contribution in [0, 0.1) is 0 Å². The Morgan fingerprint density at radius 3 is 2.62 bits per heavy atom. The van der Waals surface area contributed by atoms with E-state index in [2.05, 4.69) is 0 Å². The van der Waals surface area contributed by atoms with Crippen molar-refractivity contribution in [3.8, 4) is 0 Å². The third-order valence-corrected chi connectivity index (χ3v) is 1.60. The van der Waals surface area contributed by atoms with E-state index in [0.717, 1.165) is 19.3 Å². The summed E-state index contributed by atoms with van der Waals surface area (Å²) in [5, 5.41) is 0. The second-order valence-electron chi connectivity index (χ2n) is 2.32. The summed E-state index contributed by atoms with van der Waals surface area (Å²) in [5.41, 5.74) is 0. The first kappa shape index (κ1) is 5.86. The Kier molecular flexibility index (Phi) is 1.71. The van der Waals surface area contributed by atoms with E-state index in [0.29, 0.717) is 6.42 Å². The third kappa shape index (κ3) is 1.12. The highest BCUT2D eigenvalue weighted by Crippen LogP contribution is 2.21. The molecular weight excluding hydrogens is 98.9 g/mol. The largest absolute Gasteiger partial charge is 0.300 e. The monoisotopic (exact) mass is 108 g/mol. The van der Waals surface area contributed by atoms with Crippen LogP contribution in [0.2, 0.25) is 5.82 Å². The van der Waals surface area contributed by atoms with Crippen molar-refractivity contribution >= 4 is 13.6 Å². The van der Waals surface area contributed by atoms with Gasteiger partial charge in [-0.15, -0.1) is 0 Å². The normalized spacial score (nSPS) is 30.5. The van der Waals surface area contributed by atoms with E-state index in [1.165, 1.54) is 0 Å². The number of Topliss-reactive ketones (excluding diaryl/α,β-unsaturated/α-hetero) is 1. The number of carbonyl (C=O) groups is 1. The number of rotatable bonds is 0. The lowest BCUT2D eigenvalue weighted by Crippen LogP contribution is -2.12. The van der Waals surface area contributed by atoms with Gasteiger partial charge in [-0.3, -0.25) is 0 Å². The Morgan fingerprint density at radius 2 is 2.25 bits per heavy atom. The molecule has 1 rings (SSSR count). The maximum absolute atomic E-state index is 10.7. The summed E-state index contributed by atoms with van der Waals surface area (Å²) in [4.78, 5) is 10.7. The zero-order valence-corrected chi connectivity index (χ0v) is 4.89. The van der Waals surface area contributed by atoms with Gasteiger partial charge >= 0.3 is 0 Å². The molecule has 1 aliphatic carbocycles. The predicted octanol–water partition coefficient (Wildman–Crippen LogP) is 1.09. The van der Waals surface area contributed by atoms with Crippen molar-refractivity contribution in [3.63, 3.8) is 0 Å². The van der Waals surface area contributed by atoms with Gasteiger partial charge in [-0.25, -0.2) is 0 Å². The molecule has 0 N–H and O–H groups in total. The van der Waals surface area contributed by atoms with Crippen molar-refractivity contribution in [2.45, 2.75) is 31.5 Å². The van der Waals surface area contributed by atoms with Gasteiger partial charge in [0.2, 0.25) is 0 Å². The number of hydrogen-bond donors (Lipinski definition) is 0. The molecular formula is C6H9BO. The van der Waals surface area contributed by atoms with Crippen LogP contribution in [-0.2, 0) is 4.79 Å². The first-order valence-electron chi connectivity index (χ1n) is 3.09. The van der Waals surface area contributed by atoms with Gasteiger partial charge in [0, 0.05) is 6.42 Å². The molecule has 2 heteroatoms. The smallest absolute Gasteiger partial charge is 0.127 e. The minimum atomic E-state index is -0.135. The second kappa shape index (κ2) is 2.34. The first-order valence-corrected chi connectivity index (χ1v) is 3.09. The molecule has 0 aromatic rings. The van der Waals surface area contributed by atoms with Crippen LogP contribution in [0.3, 0.4) is 0 Å². The van der Waals surface area contributed by atoms with Crippen LogP contribution in [0.5, 0.6) is 0 Å². The summed E-state index contributed by atoms with van der Waals surface area (Å²) in [5.74, 6) is 0.111. The van der Waals surface area contributed by atoms with E-state index in [4.69, 9.17) is 7.85 Å². The van der Waals surface area contributed by atoms with Gasteiger partial charge < -0.3 is 4.79 Å². The second-order valence-corrected chi connectivity index (χ2v) is 2.32. The molecule has 42 valence electrons. The van der Waals surface area contributed by atoms with E-state index < -0.39 is 0 Å². The minimum absolute atomic E-state index is 0.135. The van der Waals surface area contributed by atoms with Crippen molar-refractivity contribution in [1.29, 1.82) is 0 Å². The van der Waals surface area contributed by atoms with Gasteiger partial charge in [0.25, 0.3) is 0 Å². The molecule has 1 fully saturated rings. The van der Waals surface area contributed by atoms with Crippen molar-refractivity contribution in [2.75, 3.05) is 0 Å². The maximum Gasteiger partial charge on any atom is 0.127 e. The van der Waals surface area contributed by atoms with Gasteiger partial charge in [-0.1, -0.05) is 12.8 Å². The van der Waals surface area contributed by atoms with Crippen LogP contribution in [0.25, 0.3) is 0 Å². The molecule has 1 aliphatic rings. The fourth-order valence-corrected chi connectivity index (χ4v) is 1.01. The number of carbonyl (C=O) groups excluding carboxylic acids is 1. The molecule has 1 unspecified atom stereocenters. The van der Waals surface area contributed by atoms with Crippen LogP contribution < -0.4 is 0 Å². The van der Waals surface area contributed by atoms with Gasteiger partial charge in [-0.2, -0.15) is 0 Å². The highest BCUT2D eigenvalue weighted by Gasteiger charge is 2.15. The Morgan fingerprint density at radius 1 is 1.50 bits per heavy atom. The fraction of sp³-hybridized carbons (Fsp3) is 0.833. The lowest BCUT2D eigenvalue weighted by molar-refractivity contribution is -0.120. The molecule has 2 radical (unpaired) electrons. The zero-order valence-electron chi connectivity index (χ0n) is 4.89. The Hall–Kier alpha value is -0.265. The highest BCUT2D eigenvalue weighted by atomic mass is 16.1. The molecule has 0 saturated heterocycles. The third-order valence-electron chi connectivity index (χ3n) is 1.60. The zero-order chi connectivity index (χ0) is 5.98. The van der Waals surface area contributed by atoms with Crippen LogP contribution in [-0.4, -0.2) is 13.6 Å². The standard InChI is InChI=1S/C6H9BO/c7-5-3-1-2-4-6(5)8/h5H,1-4H2. The molecule has 1 nitrogen and oxygen atoms in total. The summed E-state index contributed by atoms with van der Waals surface area (Å²) in [7, 11) is 5.43. The molecule has 1 saturated carbocycles. The van der Waals surface area contributed by atoms with Crippen molar-refractivity contribution < 1.29 is 4.79 Å². The van der Waals surface area contributed by atoms with Gasteiger partial charge in [-0.05, 0) is 12.2 Å². The van der Waals surface area contributed by atoms with Crippen molar-refractivity contribution in [1.82, 2.24) is 0 Å².